The average Bonchev–Trinajstić information content (AvgIpc) is 2.98. The van der Waals surface area contributed by atoms with Gasteiger partial charge in [-0.15, -0.1) is 11.3 Å². The van der Waals surface area contributed by atoms with Gasteiger partial charge in [0, 0.05) is 4.88 Å². The fraction of sp³-hybridized carbons (Fsp3) is 0.571. The van der Waals surface area contributed by atoms with E-state index < -0.39 is 23.8 Å². The quantitative estimate of drug-likeness (QED) is 0.566. The fourth-order valence-corrected chi connectivity index (χ4v) is 5.29. The molecule has 1 amide bonds. The number of hydrogen-bond acceptors (Lipinski definition) is 5. The van der Waals surface area contributed by atoms with Gasteiger partial charge in [-0.25, -0.2) is 4.79 Å². The summed E-state index contributed by atoms with van der Waals surface area (Å²) < 4.78 is 5.26. The van der Waals surface area contributed by atoms with Crippen LogP contribution in [0.15, 0.2) is 12.2 Å². The van der Waals surface area contributed by atoms with Crippen molar-refractivity contribution in [2.45, 2.75) is 58.3 Å². The predicted molar refractivity (Wildman–Crippen MR) is 108 cm³/mol. The highest BCUT2D eigenvalue weighted by Gasteiger charge is 2.35. The van der Waals surface area contributed by atoms with Gasteiger partial charge >= 0.3 is 11.9 Å². The molecule has 7 heteroatoms. The van der Waals surface area contributed by atoms with Crippen molar-refractivity contribution in [1.82, 2.24) is 0 Å². The van der Waals surface area contributed by atoms with Gasteiger partial charge in [0.05, 0.1) is 24.0 Å². The Morgan fingerprint density at radius 2 is 1.79 bits per heavy atom. The van der Waals surface area contributed by atoms with Crippen molar-refractivity contribution in [2.24, 2.45) is 11.8 Å². The molecule has 0 aromatic carbocycles. The Labute approximate surface area is 169 Å². The monoisotopic (exact) mass is 405 g/mol. The van der Waals surface area contributed by atoms with Crippen molar-refractivity contribution in [3.8, 4) is 0 Å². The van der Waals surface area contributed by atoms with E-state index >= 15 is 0 Å². The zero-order chi connectivity index (χ0) is 20.1. The van der Waals surface area contributed by atoms with Crippen molar-refractivity contribution in [3.05, 3.63) is 28.2 Å². The summed E-state index contributed by atoms with van der Waals surface area (Å²) in [6.45, 7) is 2.03. The highest BCUT2D eigenvalue weighted by atomic mass is 32.1. The first kappa shape index (κ1) is 20.6. The number of carboxylic acids is 1. The molecule has 0 spiro atoms. The van der Waals surface area contributed by atoms with Crippen molar-refractivity contribution in [2.75, 3.05) is 11.9 Å². The van der Waals surface area contributed by atoms with E-state index in [-0.39, 0.29) is 12.5 Å². The number of rotatable bonds is 5. The van der Waals surface area contributed by atoms with Crippen LogP contribution < -0.4 is 5.32 Å². The maximum Gasteiger partial charge on any atom is 0.341 e. The lowest BCUT2D eigenvalue weighted by Crippen LogP contribution is -2.34. The minimum atomic E-state index is -0.964. The van der Waals surface area contributed by atoms with E-state index in [1.165, 1.54) is 17.8 Å². The van der Waals surface area contributed by atoms with Crippen LogP contribution in [0, 0.1) is 11.8 Å². The molecule has 28 heavy (non-hydrogen) atoms. The summed E-state index contributed by atoms with van der Waals surface area (Å²) in [5.41, 5.74) is 1.46. The van der Waals surface area contributed by atoms with Gasteiger partial charge in [0.15, 0.2) is 0 Å². The largest absolute Gasteiger partial charge is 0.481 e. The van der Waals surface area contributed by atoms with Gasteiger partial charge < -0.3 is 15.2 Å². The molecule has 2 aliphatic carbocycles. The van der Waals surface area contributed by atoms with Crippen LogP contribution >= 0.6 is 11.3 Å². The molecule has 6 nitrogen and oxygen atoms in total. The molecule has 0 saturated heterocycles. The minimum absolute atomic E-state index is 0.269. The number of esters is 1. The summed E-state index contributed by atoms with van der Waals surface area (Å²) in [5.74, 6) is -3.08. The van der Waals surface area contributed by atoms with Gasteiger partial charge in [0.25, 0.3) is 0 Å². The van der Waals surface area contributed by atoms with E-state index in [9.17, 15) is 19.5 Å². The fourth-order valence-electron chi connectivity index (χ4n) is 4.01. The van der Waals surface area contributed by atoms with Crippen LogP contribution in [0.4, 0.5) is 5.00 Å². The summed E-state index contributed by atoms with van der Waals surface area (Å²) in [5, 5.41) is 12.8. The van der Waals surface area contributed by atoms with Crippen molar-refractivity contribution in [1.29, 1.82) is 0 Å². The number of amides is 1. The predicted octanol–water partition coefficient (Wildman–Crippen LogP) is 4.19. The molecule has 1 aromatic heterocycles. The van der Waals surface area contributed by atoms with E-state index in [4.69, 9.17) is 4.74 Å². The molecule has 2 N–H and O–H groups in total. The highest BCUT2D eigenvalue weighted by Crippen LogP contribution is 2.38. The van der Waals surface area contributed by atoms with Crippen LogP contribution in [0.5, 0.6) is 0 Å². The Morgan fingerprint density at radius 1 is 1.11 bits per heavy atom. The van der Waals surface area contributed by atoms with Crippen molar-refractivity contribution >= 4 is 34.2 Å². The Bertz CT molecular complexity index is 782. The lowest BCUT2D eigenvalue weighted by atomic mass is 9.82. The molecule has 0 bridgehead atoms. The molecule has 0 radical (unpaired) electrons. The van der Waals surface area contributed by atoms with E-state index in [0.717, 1.165) is 42.5 Å². The molecule has 1 heterocycles. The van der Waals surface area contributed by atoms with Gasteiger partial charge in [0.2, 0.25) is 5.91 Å². The molecule has 3 rings (SSSR count). The van der Waals surface area contributed by atoms with Gasteiger partial charge in [-0.1, -0.05) is 25.0 Å². The summed E-state index contributed by atoms with van der Waals surface area (Å²) in [7, 11) is 0. The average molecular weight is 406 g/mol. The van der Waals surface area contributed by atoms with Crippen LogP contribution in [0.2, 0.25) is 0 Å². The second-order valence-corrected chi connectivity index (χ2v) is 8.43. The third-order valence-corrected chi connectivity index (χ3v) is 6.68. The van der Waals surface area contributed by atoms with E-state index in [1.807, 2.05) is 12.2 Å². The number of anilines is 1. The number of ether oxygens (including phenoxy) is 1. The maximum atomic E-state index is 12.9. The van der Waals surface area contributed by atoms with E-state index in [1.54, 1.807) is 6.92 Å². The molecular formula is C21H27NO5S. The van der Waals surface area contributed by atoms with E-state index in [0.29, 0.717) is 23.4 Å². The number of allylic oxidation sites excluding steroid dienone is 2. The van der Waals surface area contributed by atoms with Gasteiger partial charge in [0.1, 0.15) is 5.00 Å². The number of carbonyl (C=O) groups is 3. The molecule has 0 unspecified atom stereocenters. The second-order valence-electron chi connectivity index (χ2n) is 7.33. The summed E-state index contributed by atoms with van der Waals surface area (Å²) in [6.07, 6.45) is 10.5. The maximum absolute atomic E-state index is 12.9. The minimum Gasteiger partial charge on any atom is -0.481 e. The number of fused-ring (bicyclic) bond motifs is 1. The molecule has 1 aromatic rings. The first-order chi connectivity index (χ1) is 13.5. The third-order valence-electron chi connectivity index (χ3n) is 5.47. The molecule has 0 fully saturated rings. The van der Waals surface area contributed by atoms with Crippen LogP contribution in [-0.2, 0) is 27.2 Å². The Kier molecular flexibility index (Phi) is 6.88. The Morgan fingerprint density at radius 3 is 2.46 bits per heavy atom. The van der Waals surface area contributed by atoms with Crippen molar-refractivity contribution < 1.29 is 24.2 Å². The topological polar surface area (TPSA) is 92.7 Å². The lowest BCUT2D eigenvalue weighted by Gasteiger charge is -2.24. The zero-order valence-electron chi connectivity index (χ0n) is 16.2. The van der Waals surface area contributed by atoms with Crippen LogP contribution in [0.3, 0.4) is 0 Å². The number of hydrogen-bond donors (Lipinski definition) is 2. The normalized spacial score (nSPS) is 21.9. The number of nitrogens with one attached hydrogen (secondary N) is 1. The number of aryl methyl sites for hydroxylation is 1. The Hall–Kier alpha value is -2.15. The lowest BCUT2D eigenvalue weighted by molar-refractivity contribution is -0.146. The standard InChI is InChI=1S/C21H27NO5S/c1-2-27-21(26)17-15-11-5-3-4-6-12-16(15)28-19(17)22-18(23)13-9-7-8-10-14(13)20(24)25/h7-8,13-14H,2-6,9-12H2,1H3,(H,22,23)(H,24,25)/t13-,14-/m1/s1. The SMILES string of the molecule is CCOC(=O)c1c(NC(=O)[C@@H]2CC=CC[C@H]2C(=O)O)sc2c1CCCCCC2. The third kappa shape index (κ3) is 4.46. The smallest absolute Gasteiger partial charge is 0.341 e. The molecule has 2 aliphatic rings. The summed E-state index contributed by atoms with van der Waals surface area (Å²) in [4.78, 5) is 38.2. The molecule has 2 atom stereocenters. The first-order valence-corrected chi connectivity index (χ1v) is 10.8. The van der Waals surface area contributed by atoms with Crippen LogP contribution in [0.1, 0.15) is 66.2 Å². The highest BCUT2D eigenvalue weighted by molar-refractivity contribution is 7.17. The van der Waals surface area contributed by atoms with Gasteiger partial charge in [-0.2, -0.15) is 0 Å². The Balaban J connectivity index is 1.90. The number of aliphatic carboxylic acids is 1. The number of thiophene rings is 1. The summed E-state index contributed by atoms with van der Waals surface area (Å²) >= 11 is 1.44. The van der Waals surface area contributed by atoms with Crippen LogP contribution in [0.25, 0.3) is 0 Å². The van der Waals surface area contributed by atoms with Gasteiger partial charge in [-0.3, -0.25) is 9.59 Å². The van der Waals surface area contributed by atoms with E-state index in [2.05, 4.69) is 5.32 Å². The number of carboxylic acid groups (broad SMARTS) is 1. The number of carbonyl (C=O) groups excluding carboxylic acids is 2. The second kappa shape index (κ2) is 9.37. The molecule has 0 aliphatic heterocycles. The zero-order valence-corrected chi connectivity index (χ0v) is 17.0. The molecular weight excluding hydrogens is 378 g/mol. The van der Waals surface area contributed by atoms with Gasteiger partial charge in [-0.05, 0) is 51.0 Å². The van der Waals surface area contributed by atoms with Crippen LogP contribution in [-0.4, -0.2) is 29.6 Å². The first-order valence-electron chi connectivity index (χ1n) is 10.0. The summed E-state index contributed by atoms with van der Waals surface area (Å²) in [6, 6.07) is 0. The molecule has 152 valence electrons. The van der Waals surface area contributed by atoms with Crippen molar-refractivity contribution in [3.63, 3.8) is 0 Å². The molecule has 0 saturated carbocycles.